The fourth-order valence-corrected chi connectivity index (χ4v) is 3.86. The largest absolute Gasteiger partial charge is 0.474 e. The van der Waals surface area contributed by atoms with Crippen LogP contribution in [0.15, 0.2) is 23.3 Å². The average molecular weight is 418 g/mol. The van der Waals surface area contributed by atoms with Crippen LogP contribution in [-0.2, 0) is 11.3 Å². The Morgan fingerprint density at radius 1 is 1.30 bits per heavy atom. The first-order chi connectivity index (χ1) is 14.3. The van der Waals surface area contributed by atoms with E-state index in [1.54, 1.807) is 13.2 Å². The zero-order chi connectivity index (χ0) is 21.6. The number of rotatable bonds is 5. The van der Waals surface area contributed by atoms with E-state index >= 15 is 0 Å². The highest BCUT2D eigenvalue weighted by Gasteiger charge is 2.27. The minimum Gasteiger partial charge on any atom is -0.474 e. The molecular formula is C22H35N5O3. The molecule has 2 fully saturated rings. The van der Waals surface area contributed by atoms with E-state index in [9.17, 15) is 4.79 Å². The number of carbonyl (C=O) groups is 1. The van der Waals surface area contributed by atoms with Crippen LogP contribution in [0.1, 0.15) is 58.4 Å². The van der Waals surface area contributed by atoms with Crippen molar-refractivity contribution in [2.24, 2.45) is 4.99 Å². The third kappa shape index (κ3) is 6.78. The molecule has 166 valence electrons. The lowest BCUT2D eigenvalue weighted by Crippen LogP contribution is -2.44. The molecule has 8 heteroatoms. The minimum absolute atomic E-state index is 0.0470. The van der Waals surface area contributed by atoms with Crippen LogP contribution in [0.25, 0.3) is 0 Å². The van der Waals surface area contributed by atoms with Crippen molar-refractivity contribution in [2.75, 3.05) is 20.1 Å². The van der Waals surface area contributed by atoms with Gasteiger partial charge in [-0.2, -0.15) is 0 Å². The first kappa shape index (κ1) is 22.2. The van der Waals surface area contributed by atoms with Crippen molar-refractivity contribution in [2.45, 2.75) is 77.2 Å². The SMILES string of the molecule is CN=C(NCc1ccnc(OC2CCCC2)c1)N1CCC(NC(=O)OC(C)(C)C)C1. The Kier molecular flexibility index (Phi) is 7.39. The number of pyridine rings is 1. The summed E-state index contributed by atoms with van der Waals surface area (Å²) in [6, 6.07) is 4.03. The fraction of sp³-hybridized carbons (Fsp3) is 0.682. The van der Waals surface area contributed by atoms with Gasteiger partial charge in [0.15, 0.2) is 5.96 Å². The molecule has 2 aliphatic rings. The van der Waals surface area contributed by atoms with Gasteiger partial charge in [-0.1, -0.05) is 0 Å². The van der Waals surface area contributed by atoms with E-state index in [1.807, 2.05) is 32.9 Å². The Labute approximate surface area is 179 Å². The maximum absolute atomic E-state index is 12.0. The summed E-state index contributed by atoms with van der Waals surface area (Å²) in [4.78, 5) is 22.9. The number of guanidine groups is 1. The molecule has 2 N–H and O–H groups in total. The predicted molar refractivity (Wildman–Crippen MR) is 117 cm³/mol. The first-order valence-electron chi connectivity index (χ1n) is 10.9. The fourth-order valence-electron chi connectivity index (χ4n) is 3.86. The van der Waals surface area contributed by atoms with Crippen LogP contribution in [0, 0.1) is 0 Å². The van der Waals surface area contributed by atoms with Crippen molar-refractivity contribution in [1.82, 2.24) is 20.5 Å². The van der Waals surface area contributed by atoms with Crippen LogP contribution >= 0.6 is 0 Å². The molecule has 1 aliphatic carbocycles. The lowest BCUT2D eigenvalue weighted by molar-refractivity contribution is 0.0507. The standard InChI is InChI=1S/C22H35N5O3/c1-22(2,3)30-21(28)26-17-10-12-27(15-17)20(23-4)25-14-16-9-11-24-19(13-16)29-18-7-5-6-8-18/h9,11,13,17-18H,5-8,10,12,14-15H2,1-4H3,(H,23,25)(H,26,28). The molecule has 1 unspecified atom stereocenters. The summed E-state index contributed by atoms with van der Waals surface area (Å²) in [5.41, 5.74) is 0.604. The number of likely N-dealkylation sites (tertiary alicyclic amines) is 1. The van der Waals surface area contributed by atoms with Crippen molar-refractivity contribution >= 4 is 12.1 Å². The van der Waals surface area contributed by atoms with Gasteiger partial charge in [0.25, 0.3) is 0 Å². The van der Waals surface area contributed by atoms with Crippen molar-refractivity contribution in [3.05, 3.63) is 23.9 Å². The number of carbonyl (C=O) groups excluding carboxylic acids is 1. The molecule has 0 spiro atoms. The van der Waals surface area contributed by atoms with E-state index in [0.717, 1.165) is 37.3 Å². The van der Waals surface area contributed by atoms with Gasteiger partial charge < -0.3 is 25.0 Å². The molecule has 2 heterocycles. The van der Waals surface area contributed by atoms with Gasteiger partial charge in [-0.05, 0) is 64.5 Å². The summed E-state index contributed by atoms with van der Waals surface area (Å²) < 4.78 is 11.4. The number of alkyl carbamates (subject to hydrolysis) is 1. The van der Waals surface area contributed by atoms with Crippen LogP contribution in [-0.4, -0.2) is 59.8 Å². The maximum Gasteiger partial charge on any atom is 0.407 e. The summed E-state index contributed by atoms with van der Waals surface area (Å²) in [6.45, 7) is 7.75. The summed E-state index contributed by atoms with van der Waals surface area (Å²) >= 11 is 0. The molecule has 1 aromatic heterocycles. The molecule has 8 nitrogen and oxygen atoms in total. The van der Waals surface area contributed by atoms with Crippen LogP contribution < -0.4 is 15.4 Å². The molecule has 1 saturated carbocycles. The van der Waals surface area contributed by atoms with Gasteiger partial charge in [-0.3, -0.25) is 4.99 Å². The Hall–Kier alpha value is -2.51. The zero-order valence-corrected chi connectivity index (χ0v) is 18.6. The second-order valence-electron chi connectivity index (χ2n) is 9.01. The highest BCUT2D eigenvalue weighted by Crippen LogP contribution is 2.23. The van der Waals surface area contributed by atoms with Gasteiger partial charge in [0.2, 0.25) is 5.88 Å². The molecule has 1 saturated heterocycles. The molecule has 0 aromatic carbocycles. The van der Waals surface area contributed by atoms with Crippen LogP contribution in [0.4, 0.5) is 4.79 Å². The predicted octanol–water partition coefficient (Wildman–Crippen LogP) is 3.08. The first-order valence-corrected chi connectivity index (χ1v) is 10.9. The number of aromatic nitrogens is 1. The Bertz CT molecular complexity index is 741. The lowest BCUT2D eigenvalue weighted by Gasteiger charge is -2.23. The third-order valence-corrected chi connectivity index (χ3v) is 5.26. The molecule has 1 amide bonds. The Balaban J connectivity index is 1.47. The van der Waals surface area contributed by atoms with Crippen LogP contribution in [0.5, 0.6) is 5.88 Å². The quantitative estimate of drug-likeness (QED) is 0.565. The lowest BCUT2D eigenvalue weighted by atomic mass is 10.2. The molecule has 0 bridgehead atoms. The second kappa shape index (κ2) is 10.00. The normalized spacial score (nSPS) is 20.3. The third-order valence-electron chi connectivity index (χ3n) is 5.26. The van der Waals surface area contributed by atoms with E-state index in [2.05, 4.69) is 25.5 Å². The number of hydrogen-bond donors (Lipinski definition) is 2. The Morgan fingerprint density at radius 2 is 2.07 bits per heavy atom. The summed E-state index contributed by atoms with van der Waals surface area (Å²) in [7, 11) is 1.78. The summed E-state index contributed by atoms with van der Waals surface area (Å²) in [5.74, 6) is 1.51. The van der Waals surface area contributed by atoms with Crippen molar-refractivity contribution < 1.29 is 14.3 Å². The number of ether oxygens (including phenoxy) is 2. The second-order valence-corrected chi connectivity index (χ2v) is 9.01. The molecule has 1 aliphatic heterocycles. The summed E-state index contributed by atoms with van der Waals surface area (Å²) in [6.07, 6.45) is 7.28. The van der Waals surface area contributed by atoms with Gasteiger partial charge in [-0.15, -0.1) is 0 Å². The van der Waals surface area contributed by atoms with Crippen molar-refractivity contribution in [3.63, 3.8) is 0 Å². The average Bonchev–Trinajstić information content (AvgIpc) is 3.33. The number of nitrogens with zero attached hydrogens (tertiary/aromatic N) is 3. The van der Waals surface area contributed by atoms with Crippen LogP contribution in [0.2, 0.25) is 0 Å². The Morgan fingerprint density at radius 3 is 2.77 bits per heavy atom. The smallest absolute Gasteiger partial charge is 0.407 e. The maximum atomic E-state index is 12.0. The van der Waals surface area contributed by atoms with E-state index in [0.29, 0.717) is 25.1 Å². The van der Waals surface area contributed by atoms with Gasteiger partial charge in [0, 0.05) is 38.9 Å². The minimum atomic E-state index is -0.495. The number of nitrogens with one attached hydrogen (secondary N) is 2. The molecule has 3 rings (SSSR count). The molecule has 1 aromatic rings. The van der Waals surface area contributed by atoms with Crippen LogP contribution in [0.3, 0.4) is 0 Å². The monoisotopic (exact) mass is 417 g/mol. The van der Waals surface area contributed by atoms with Crippen molar-refractivity contribution in [3.8, 4) is 5.88 Å². The highest BCUT2D eigenvalue weighted by atomic mass is 16.6. The van der Waals surface area contributed by atoms with Gasteiger partial charge in [-0.25, -0.2) is 9.78 Å². The number of hydrogen-bond acceptors (Lipinski definition) is 5. The van der Waals surface area contributed by atoms with E-state index in [4.69, 9.17) is 9.47 Å². The molecule has 0 radical (unpaired) electrons. The zero-order valence-electron chi connectivity index (χ0n) is 18.6. The van der Waals surface area contributed by atoms with Gasteiger partial charge >= 0.3 is 6.09 Å². The van der Waals surface area contributed by atoms with E-state index < -0.39 is 5.60 Å². The van der Waals surface area contributed by atoms with Gasteiger partial charge in [0.05, 0.1) is 6.04 Å². The molecule has 30 heavy (non-hydrogen) atoms. The highest BCUT2D eigenvalue weighted by molar-refractivity contribution is 5.80. The molecule has 1 atom stereocenters. The topological polar surface area (TPSA) is 88.1 Å². The van der Waals surface area contributed by atoms with Crippen molar-refractivity contribution in [1.29, 1.82) is 0 Å². The summed E-state index contributed by atoms with van der Waals surface area (Å²) in [5, 5.41) is 6.36. The number of aliphatic imine (C=N–C) groups is 1. The van der Waals surface area contributed by atoms with Gasteiger partial charge in [0.1, 0.15) is 11.7 Å². The van der Waals surface area contributed by atoms with E-state index in [1.165, 1.54) is 12.8 Å². The molecular weight excluding hydrogens is 382 g/mol. The number of amides is 1. The van der Waals surface area contributed by atoms with E-state index in [-0.39, 0.29) is 12.1 Å².